The number of halogens is 2. The lowest BCUT2D eigenvalue weighted by molar-refractivity contribution is 0.0993. The summed E-state index contributed by atoms with van der Waals surface area (Å²) in [6, 6.07) is 5.00. The third-order valence-corrected chi connectivity index (χ3v) is 4.05. The predicted molar refractivity (Wildman–Crippen MR) is 87.9 cm³/mol. The van der Waals surface area contributed by atoms with Crippen molar-refractivity contribution in [1.29, 1.82) is 0 Å². The molecule has 0 aliphatic heterocycles. The predicted octanol–water partition coefficient (Wildman–Crippen LogP) is 3.97. The number of carbonyl (C=O) groups is 1. The maximum Gasteiger partial charge on any atom is 0.189 e. The number of aromatic nitrogens is 2. The van der Waals surface area contributed by atoms with Crippen LogP contribution in [0.3, 0.4) is 0 Å². The number of ketones is 1. The highest BCUT2D eigenvalue weighted by molar-refractivity contribution is 7.98. The van der Waals surface area contributed by atoms with Gasteiger partial charge in [0, 0.05) is 25.2 Å². The Morgan fingerprint density at radius 2 is 2.00 bits per heavy atom. The highest BCUT2D eigenvalue weighted by atomic mass is 35.5. The third-order valence-electron chi connectivity index (χ3n) is 2.85. The first-order valence-corrected chi connectivity index (χ1v) is 8.09. The number of carbonyl (C=O) groups excluding carboxylic acids is 1. The van der Waals surface area contributed by atoms with E-state index < -0.39 is 0 Å². The molecule has 1 aromatic heterocycles. The SMILES string of the molecule is CNc1nc(SC)ncc1CC(=O)c1c(Cl)cccc1Cl. The van der Waals surface area contributed by atoms with Crippen molar-refractivity contribution in [2.75, 3.05) is 18.6 Å². The summed E-state index contributed by atoms with van der Waals surface area (Å²) in [4.78, 5) is 20.9. The molecular formula is C14H13Cl2N3OS. The van der Waals surface area contributed by atoms with Crippen LogP contribution in [0.4, 0.5) is 5.82 Å². The van der Waals surface area contributed by atoms with E-state index in [1.165, 1.54) is 11.8 Å². The lowest BCUT2D eigenvalue weighted by atomic mass is 10.0. The van der Waals surface area contributed by atoms with E-state index in [2.05, 4.69) is 15.3 Å². The number of benzene rings is 1. The number of hydrogen-bond acceptors (Lipinski definition) is 5. The van der Waals surface area contributed by atoms with Gasteiger partial charge in [0.25, 0.3) is 0 Å². The van der Waals surface area contributed by atoms with Crippen LogP contribution in [0.1, 0.15) is 15.9 Å². The molecule has 1 aromatic carbocycles. The van der Waals surface area contributed by atoms with E-state index in [1.807, 2.05) is 6.26 Å². The van der Waals surface area contributed by atoms with Crippen molar-refractivity contribution in [3.05, 3.63) is 45.6 Å². The molecule has 21 heavy (non-hydrogen) atoms. The van der Waals surface area contributed by atoms with E-state index in [0.29, 0.717) is 32.1 Å². The van der Waals surface area contributed by atoms with Crippen LogP contribution in [-0.4, -0.2) is 29.1 Å². The Balaban J connectivity index is 2.32. The van der Waals surface area contributed by atoms with Crippen molar-refractivity contribution in [3.63, 3.8) is 0 Å². The molecular weight excluding hydrogens is 329 g/mol. The summed E-state index contributed by atoms with van der Waals surface area (Å²) in [7, 11) is 1.75. The van der Waals surface area contributed by atoms with Crippen molar-refractivity contribution >= 4 is 46.6 Å². The van der Waals surface area contributed by atoms with Gasteiger partial charge < -0.3 is 5.32 Å². The van der Waals surface area contributed by atoms with Crippen LogP contribution in [0.5, 0.6) is 0 Å². The number of Topliss-reactive ketones (excluding diaryl/α,β-unsaturated/α-hetero) is 1. The molecule has 2 rings (SSSR count). The first kappa shape index (κ1) is 16.1. The van der Waals surface area contributed by atoms with Crippen LogP contribution in [0.15, 0.2) is 29.6 Å². The summed E-state index contributed by atoms with van der Waals surface area (Å²) in [6.07, 6.45) is 3.67. The quantitative estimate of drug-likeness (QED) is 0.506. The second kappa shape index (κ2) is 7.11. The molecule has 0 fully saturated rings. The Morgan fingerprint density at radius 1 is 1.33 bits per heavy atom. The Morgan fingerprint density at radius 3 is 2.57 bits per heavy atom. The Bertz CT molecular complexity index is 659. The molecule has 0 saturated heterocycles. The maximum atomic E-state index is 12.4. The van der Waals surface area contributed by atoms with Gasteiger partial charge in [-0.05, 0) is 18.4 Å². The average Bonchev–Trinajstić information content (AvgIpc) is 2.47. The molecule has 1 heterocycles. The normalized spacial score (nSPS) is 10.5. The highest BCUT2D eigenvalue weighted by Crippen LogP contribution is 2.27. The first-order valence-electron chi connectivity index (χ1n) is 6.11. The zero-order chi connectivity index (χ0) is 15.4. The molecule has 0 unspecified atom stereocenters. The number of hydrogen-bond donors (Lipinski definition) is 1. The molecule has 0 saturated carbocycles. The Kier molecular flexibility index (Phi) is 5.45. The van der Waals surface area contributed by atoms with Gasteiger partial charge in [0.1, 0.15) is 5.82 Å². The minimum absolute atomic E-state index is 0.133. The summed E-state index contributed by atoms with van der Waals surface area (Å²) in [6.45, 7) is 0. The smallest absolute Gasteiger partial charge is 0.189 e. The topological polar surface area (TPSA) is 54.9 Å². The van der Waals surface area contributed by atoms with Crippen molar-refractivity contribution in [2.45, 2.75) is 11.6 Å². The van der Waals surface area contributed by atoms with Crippen LogP contribution in [0, 0.1) is 0 Å². The van der Waals surface area contributed by atoms with Crippen LogP contribution in [0.2, 0.25) is 10.0 Å². The Hall–Kier alpha value is -1.30. The highest BCUT2D eigenvalue weighted by Gasteiger charge is 2.17. The fourth-order valence-electron chi connectivity index (χ4n) is 1.86. The standard InChI is InChI=1S/C14H13Cl2N3OS/c1-17-13-8(7-18-14(19-13)21-2)6-11(20)12-9(15)4-3-5-10(12)16/h3-5,7H,6H2,1-2H3,(H,17,18,19). The number of nitrogens with one attached hydrogen (secondary N) is 1. The number of thioether (sulfide) groups is 1. The number of rotatable bonds is 5. The van der Waals surface area contributed by atoms with Gasteiger partial charge in [-0.25, -0.2) is 9.97 Å². The molecule has 2 aromatic rings. The van der Waals surface area contributed by atoms with Crippen LogP contribution >= 0.6 is 35.0 Å². The molecule has 0 spiro atoms. The van der Waals surface area contributed by atoms with Gasteiger partial charge in [0.2, 0.25) is 0 Å². The largest absolute Gasteiger partial charge is 0.373 e. The average molecular weight is 342 g/mol. The number of anilines is 1. The van der Waals surface area contributed by atoms with Crippen LogP contribution in [0.25, 0.3) is 0 Å². The molecule has 0 atom stereocenters. The van der Waals surface area contributed by atoms with E-state index >= 15 is 0 Å². The van der Waals surface area contributed by atoms with Gasteiger partial charge in [0.15, 0.2) is 10.9 Å². The molecule has 0 bridgehead atoms. The second-order valence-electron chi connectivity index (χ2n) is 4.18. The zero-order valence-electron chi connectivity index (χ0n) is 11.5. The maximum absolute atomic E-state index is 12.4. The van der Waals surface area contributed by atoms with E-state index in [9.17, 15) is 4.79 Å². The monoisotopic (exact) mass is 341 g/mol. The zero-order valence-corrected chi connectivity index (χ0v) is 13.8. The minimum Gasteiger partial charge on any atom is -0.373 e. The minimum atomic E-state index is -0.164. The van der Waals surface area contributed by atoms with Crippen molar-refractivity contribution in [1.82, 2.24) is 9.97 Å². The van der Waals surface area contributed by atoms with E-state index in [-0.39, 0.29) is 12.2 Å². The summed E-state index contributed by atoms with van der Waals surface area (Å²) in [5, 5.41) is 4.31. The molecule has 0 aliphatic rings. The molecule has 0 aliphatic carbocycles. The molecule has 4 nitrogen and oxygen atoms in total. The fourth-order valence-corrected chi connectivity index (χ4v) is 2.81. The summed E-state index contributed by atoms with van der Waals surface area (Å²) < 4.78 is 0. The fraction of sp³-hybridized carbons (Fsp3) is 0.214. The lowest BCUT2D eigenvalue weighted by Crippen LogP contribution is -2.09. The second-order valence-corrected chi connectivity index (χ2v) is 5.76. The van der Waals surface area contributed by atoms with Gasteiger partial charge in [0.05, 0.1) is 15.6 Å². The Labute approximate surface area is 137 Å². The molecule has 1 N–H and O–H groups in total. The molecule has 7 heteroatoms. The summed E-state index contributed by atoms with van der Waals surface area (Å²) in [5.74, 6) is 0.466. The van der Waals surface area contributed by atoms with Gasteiger partial charge in [-0.1, -0.05) is 41.0 Å². The lowest BCUT2D eigenvalue weighted by Gasteiger charge is -2.10. The van der Waals surface area contributed by atoms with E-state index in [1.54, 1.807) is 31.4 Å². The van der Waals surface area contributed by atoms with Crippen molar-refractivity contribution in [3.8, 4) is 0 Å². The molecule has 0 radical (unpaired) electrons. The first-order chi connectivity index (χ1) is 10.1. The summed E-state index contributed by atoms with van der Waals surface area (Å²) >= 11 is 13.6. The van der Waals surface area contributed by atoms with Crippen LogP contribution < -0.4 is 5.32 Å². The van der Waals surface area contributed by atoms with Crippen molar-refractivity contribution < 1.29 is 4.79 Å². The van der Waals surface area contributed by atoms with Crippen LogP contribution in [-0.2, 0) is 6.42 Å². The number of nitrogens with zero attached hydrogens (tertiary/aromatic N) is 2. The van der Waals surface area contributed by atoms with Gasteiger partial charge in [-0.3, -0.25) is 4.79 Å². The van der Waals surface area contributed by atoms with Gasteiger partial charge in [-0.15, -0.1) is 0 Å². The molecule has 0 amide bonds. The molecule has 110 valence electrons. The van der Waals surface area contributed by atoms with E-state index in [4.69, 9.17) is 23.2 Å². The summed E-state index contributed by atoms with van der Waals surface area (Å²) in [5.41, 5.74) is 1.04. The van der Waals surface area contributed by atoms with Crippen molar-refractivity contribution in [2.24, 2.45) is 0 Å². The van der Waals surface area contributed by atoms with Gasteiger partial charge >= 0.3 is 0 Å². The van der Waals surface area contributed by atoms with E-state index in [0.717, 1.165) is 0 Å². The van der Waals surface area contributed by atoms with Gasteiger partial charge in [-0.2, -0.15) is 0 Å². The third kappa shape index (κ3) is 3.67.